The van der Waals surface area contributed by atoms with Crippen molar-refractivity contribution in [2.45, 2.75) is 32.2 Å². The Morgan fingerprint density at radius 1 is 1.00 bits per heavy atom. The highest BCUT2D eigenvalue weighted by molar-refractivity contribution is 5.74. The van der Waals surface area contributed by atoms with Crippen LogP contribution in [0.25, 0.3) is 11.4 Å². The van der Waals surface area contributed by atoms with E-state index >= 15 is 0 Å². The van der Waals surface area contributed by atoms with Gasteiger partial charge < -0.3 is 14.8 Å². The third-order valence-corrected chi connectivity index (χ3v) is 5.87. The highest BCUT2D eigenvalue weighted by Crippen LogP contribution is 2.23. The molecule has 0 spiro atoms. The molecule has 0 saturated carbocycles. The number of imidazole rings is 1. The molecule has 4 rings (SSSR count). The number of benzene rings is 2. The van der Waals surface area contributed by atoms with Crippen LogP contribution in [-0.4, -0.2) is 40.1 Å². The number of nitrogens with zero attached hydrogens (tertiary/aromatic N) is 3. The summed E-state index contributed by atoms with van der Waals surface area (Å²) >= 11 is 0. The standard InChI is InChI=1S/C25H30N4O/c30-25(27-15-7-10-21-8-3-1-4-9-21)28-17-13-22(14-18-28)20-29-19-16-26-24(29)23-11-5-2-6-12-23/h1-6,8-9,11-12,16,19,22H,7,10,13-15,17-18,20H2,(H,27,30). The fourth-order valence-electron chi connectivity index (χ4n) is 4.15. The number of piperidine rings is 1. The van der Waals surface area contributed by atoms with Crippen LogP contribution in [0, 0.1) is 5.92 Å². The molecule has 3 aromatic rings. The monoisotopic (exact) mass is 402 g/mol. The van der Waals surface area contributed by atoms with Gasteiger partial charge >= 0.3 is 6.03 Å². The van der Waals surface area contributed by atoms with Crippen LogP contribution in [0.2, 0.25) is 0 Å². The molecule has 5 nitrogen and oxygen atoms in total. The molecular weight excluding hydrogens is 372 g/mol. The largest absolute Gasteiger partial charge is 0.338 e. The minimum Gasteiger partial charge on any atom is -0.338 e. The lowest BCUT2D eigenvalue weighted by molar-refractivity contribution is 0.165. The van der Waals surface area contributed by atoms with Crippen molar-refractivity contribution in [3.8, 4) is 11.4 Å². The molecular formula is C25H30N4O. The fourth-order valence-corrected chi connectivity index (χ4v) is 4.15. The highest BCUT2D eigenvalue weighted by atomic mass is 16.2. The maximum absolute atomic E-state index is 12.5. The minimum atomic E-state index is 0.0779. The first kappa shape index (κ1) is 20.2. The summed E-state index contributed by atoms with van der Waals surface area (Å²) in [6.07, 6.45) is 7.97. The first-order valence-corrected chi connectivity index (χ1v) is 10.9. The van der Waals surface area contributed by atoms with Gasteiger partial charge in [0, 0.05) is 44.1 Å². The van der Waals surface area contributed by atoms with Crippen LogP contribution < -0.4 is 5.32 Å². The number of carbonyl (C=O) groups is 1. The Balaban J connectivity index is 1.20. The first-order valence-electron chi connectivity index (χ1n) is 10.9. The van der Waals surface area contributed by atoms with Crippen molar-refractivity contribution in [2.24, 2.45) is 5.92 Å². The number of hydrogen-bond donors (Lipinski definition) is 1. The maximum atomic E-state index is 12.5. The molecule has 0 aliphatic carbocycles. The number of carbonyl (C=O) groups excluding carboxylic acids is 1. The zero-order valence-corrected chi connectivity index (χ0v) is 17.4. The first-order chi connectivity index (χ1) is 14.8. The van der Waals surface area contributed by atoms with E-state index < -0.39 is 0 Å². The summed E-state index contributed by atoms with van der Waals surface area (Å²) in [4.78, 5) is 19.0. The van der Waals surface area contributed by atoms with Crippen LogP contribution in [0.4, 0.5) is 4.79 Å². The van der Waals surface area contributed by atoms with Crippen LogP contribution >= 0.6 is 0 Å². The molecule has 0 radical (unpaired) electrons. The summed E-state index contributed by atoms with van der Waals surface area (Å²) in [6, 6.07) is 20.8. The molecule has 2 heterocycles. The zero-order chi connectivity index (χ0) is 20.6. The maximum Gasteiger partial charge on any atom is 0.317 e. The predicted molar refractivity (Wildman–Crippen MR) is 120 cm³/mol. The van der Waals surface area contributed by atoms with Crippen LogP contribution in [0.15, 0.2) is 73.1 Å². The van der Waals surface area contributed by atoms with E-state index in [9.17, 15) is 4.79 Å². The lowest BCUT2D eigenvalue weighted by Crippen LogP contribution is -2.45. The van der Waals surface area contributed by atoms with E-state index in [0.29, 0.717) is 5.92 Å². The van der Waals surface area contributed by atoms with Crippen molar-refractivity contribution in [1.82, 2.24) is 19.8 Å². The van der Waals surface area contributed by atoms with Gasteiger partial charge in [-0.2, -0.15) is 0 Å². The summed E-state index contributed by atoms with van der Waals surface area (Å²) in [6.45, 7) is 3.33. The van der Waals surface area contributed by atoms with E-state index in [1.165, 1.54) is 5.56 Å². The molecule has 0 atom stereocenters. The molecule has 30 heavy (non-hydrogen) atoms. The summed E-state index contributed by atoms with van der Waals surface area (Å²) in [5.74, 6) is 1.60. The molecule has 1 saturated heterocycles. The van der Waals surface area contributed by atoms with E-state index in [0.717, 1.165) is 63.3 Å². The second-order valence-electron chi connectivity index (χ2n) is 8.02. The number of urea groups is 1. The van der Waals surface area contributed by atoms with Crippen molar-refractivity contribution in [2.75, 3.05) is 19.6 Å². The molecule has 1 N–H and O–H groups in total. The van der Waals surface area contributed by atoms with E-state index in [1.54, 1.807) is 0 Å². The molecule has 156 valence electrons. The van der Waals surface area contributed by atoms with Crippen molar-refractivity contribution >= 4 is 6.03 Å². The molecule has 2 aromatic carbocycles. The third kappa shape index (κ3) is 5.29. The summed E-state index contributed by atoms with van der Waals surface area (Å²) in [7, 11) is 0. The molecule has 1 aliphatic heterocycles. The normalized spacial score (nSPS) is 14.6. The van der Waals surface area contributed by atoms with Gasteiger partial charge in [0.2, 0.25) is 0 Å². The Hall–Kier alpha value is -3.08. The van der Waals surface area contributed by atoms with Crippen LogP contribution in [0.5, 0.6) is 0 Å². The number of rotatable bonds is 7. The van der Waals surface area contributed by atoms with Gasteiger partial charge in [-0.15, -0.1) is 0 Å². The summed E-state index contributed by atoms with van der Waals surface area (Å²) in [5, 5.41) is 3.09. The Labute approximate surface area is 178 Å². The fraction of sp³-hybridized carbons (Fsp3) is 0.360. The molecule has 2 amide bonds. The van der Waals surface area contributed by atoms with Gasteiger partial charge in [-0.3, -0.25) is 0 Å². The van der Waals surface area contributed by atoms with E-state index in [2.05, 4.69) is 57.5 Å². The molecule has 1 fully saturated rings. The predicted octanol–water partition coefficient (Wildman–Crippen LogP) is 4.60. The molecule has 5 heteroatoms. The van der Waals surface area contributed by atoms with Crippen molar-refractivity contribution < 1.29 is 4.79 Å². The van der Waals surface area contributed by atoms with E-state index in [-0.39, 0.29) is 6.03 Å². The number of aromatic nitrogens is 2. The average molecular weight is 403 g/mol. The van der Waals surface area contributed by atoms with Gasteiger partial charge in [0.15, 0.2) is 0 Å². The van der Waals surface area contributed by atoms with Crippen molar-refractivity contribution in [3.63, 3.8) is 0 Å². The Kier molecular flexibility index (Phi) is 6.80. The topological polar surface area (TPSA) is 50.2 Å². The van der Waals surface area contributed by atoms with Gasteiger partial charge in [-0.1, -0.05) is 60.7 Å². The van der Waals surface area contributed by atoms with Crippen LogP contribution in [-0.2, 0) is 13.0 Å². The van der Waals surface area contributed by atoms with Crippen molar-refractivity contribution in [3.05, 3.63) is 78.6 Å². The van der Waals surface area contributed by atoms with Gasteiger partial charge in [0.05, 0.1) is 0 Å². The average Bonchev–Trinajstić information content (AvgIpc) is 3.26. The van der Waals surface area contributed by atoms with Gasteiger partial charge in [-0.25, -0.2) is 9.78 Å². The minimum absolute atomic E-state index is 0.0779. The highest BCUT2D eigenvalue weighted by Gasteiger charge is 2.23. The second kappa shape index (κ2) is 10.1. The quantitative estimate of drug-likeness (QED) is 0.587. The van der Waals surface area contributed by atoms with Gasteiger partial charge in [0.25, 0.3) is 0 Å². The molecule has 1 aromatic heterocycles. The van der Waals surface area contributed by atoms with Crippen LogP contribution in [0.1, 0.15) is 24.8 Å². The molecule has 0 unspecified atom stereocenters. The van der Waals surface area contributed by atoms with Gasteiger partial charge in [0.1, 0.15) is 5.82 Å². The lowest BCUT2D eigenvalue weighted by Gasteiger charge is -2.32. The zero-order valence-electron chi connectivity index (χ0n) is 17.4. The number of hydrogen-bond acceptors (Lipinski definition) is 2. The molecule has 1 aliphatic rings. The summed E-state index contributed by atoms with van der Waals surface area (Å²) < 4.78 is 2.25. The van der Waals surface area contributed by atoms with Gasteiger partial charge in [-0.05, 0) is 37.2 Å². The van der Waals surface area contributed by atoms with E-state index in [4.69, 9.17) is 0 Å². The number of likely N-dealkylation sites (tertiary alicyclic amines) is 1. The SMILES string of the molecule is O=C(NCCCc1ccccc1)N1CCC(Cn2ccnc2-c2ccccc2)CC1. The number of aryl methyl sites for hydroxylation is 1. The number of amides is 2. The Morgan fingerprint density at radius 2 is 1.70 bits per heavy atom. The number of nitrogens with one attached hydrogen (secondary N) is 1. The lowest BCUT2D eigenvalue weighted by atomic mass is 9.97. The molecule has 0 bridgehead atoms. The van der Waals surface area contributed by atoms with Crippen LogP contribution in [0.3, 0.4) is 0 Å². The third-order valence-electron chi connectivity index (χ3n) is 5.87. The Morgan fingerprint density at radius 3 is 2.43 bits per heavy atom. The van der Waals surface area contributed by atoms with E-state index in [1.807, 2.05) is 35.4 Å². The summed E-state index contributed by atoms with van der Waals surface area (Å²) in [5.41, 5.74) is 2.47. The smallest absolute Gasteiger partial charge is 0.317 e. The second-order valence-corrected chi connectivity index (χ2v) is 8.02. The van der Waals surface area contributed by atoms with Crippen molar-refractivity contribution in [1.29, 1.82) is 0 Å². The Bertz CT molecular complexity index is 915.